The molecule has 1 atom stereocenters. The van der Waals surface area contributed by atoms with Gasteiger partial charge in [-0.05, 0) is 47.2 Å². The van der Waals surface area contributed by atoms with E-state index in [4.69, 9.17) is 9.73 Å². The number of hydrogen-bond donors (Lipinski definition) is 1. The second-order valence-corrected chi connectivity index (χ2v) is 8.15. The smallest absolute Gasteiger partial charge is 0.168 e. The van der Waals surface area contributed by atoms with Crippen molar-refractivity contribution in [2.75, 3.05) is 19.8 Å². The minimum Gasteiger partial charge on any atom is -0.395 e. The van der Waals surface area contributed by atoms with Gasteiger partial charge in [-0.15, -0.1) is 0 Å². The van der Waals surface area contributed by atoms with Crippen LogP contribution in [-0.4, -0.2) is 36.4 Å². The first kappa shape index (κ1) is 18.5. The number of fused-ring (bicyclic) bond motifs is 2. The van der Waals surface area contributed by atoms with Gasteiger partial charge < -0.3 is 9.84 Å². The summed E-state index contributed by atoms with van der Waals surface area (Å²) in [6, 6.07) is 14.0. The number of carbonyl (C=O) groups is 1. The molecule has 1 fully saturated rings. The molecule has 2 aromatic rings. The number of aliphatic imine (C=N–C) groups is 1. The Hall–Kier alpha value is -2.56. The molecule has 0 aromatic heterocycles. The van der Waals surface area contributed by atoms with Gasteiger partial charge in [0.1, 0.15) is 0 Å². The predicted octanol–water partition coefficient (Wildman–Crippen LogP) is 3.70. The maximum Gasteiger partial charge on any atom is 0.168 e. The molecule has 2 heterocycles. The van der Waals surface area contributed by atoms with E-state index >= 15 is 0 Å². The molecule has 0 saturated carbocycles. The van der Waals surface area contributed by atoms with Crippen molar-refractivity contribution >= 4 is 17.6 Å². The number of aliphatic hydroxyl groups is 1. The number of nitrogens with zero attached hydrogens (tertiary/aromatic N) is 1. The molecule has 0 bridgehead atoms. The number of allylic oxidation sites excluding steroid dienone is 1. The number of benzene rings is 2. The van der Waals surface area contributed by atoms with Crippen LogP contribution in [0.3, 0.4) is 0 Å². The van der Waals surface area contributed by atoms with E-state index in [9.17, 15) is 9.90 Å². The van der Waals surface area contributed by atoms with Crippen LogP contribution in [0, 0.1) is 5.92 Å². The molecule has 4 heteroatoms. The van der Waals surface area contributed by atoms with Crippen LogP contribution in [0.1, 0.15) is 46.6 Å². The third-order valence-corrected chi connectivity index (χ3v) is 6.40. The van der Waals surface area contributed by atoms with E-state index in [1.165, 1.54) is 22.4 Å². The van der Waals surface area contributed by atoms with E-state index < -0.39 is 5.92 Å². The van der Waals surface area contributed by atoms with Gasteiger partial charge in [0, 0.05) is 42.4 Å². The van der Waals surface area contributed by atoms with Gasteiger partial charge in [0.25, 0.3) is 0 Å². The summed E-state index contributed by atoms with van der Waals surface area (Å²) in [6.07, 6.45) is 4.72. The van der Waals surface area contributed by atoms with Crippen LogP contribution in [-0.2, 0) is 22.5 Å². The molecule has 148 valence electrons. The fourth-order valence-corrected chi connectivity index (χ4v) is 4.80. The van der Waals surface area contributed by atoms with Gasteiger partial charge in [-0.25, -0.2) is 0 Å². The topological polar surface area (TPSA) is 58.9 Å². The lowest BCUT2D eigenvalue weighted by Gasteiger charge is -2.23. The average molecular weight is 387 g/mol. The van der Waals surface area contributed by atoms with E-state index in [0.717, 1.165) is 49.3 Å². The summed E-state index contributed by atoms with van der Waals surface area (Å²) in [4.78, 5) is 18.0. The Labute approximate surface area is 170 Å². The summed E-state index contributed by atoms with van der Waals surface area (Å²) in [5, 5.41) is 9.87. The molecule has 4 nitrogen and oxygen atoms in total. The van der Waals surface area contributed by atoms with E-state index in [1.54, 1.807) is 0 Å². The van der Waals surface area contributed by atoms with Gasteiger partial charge in [-0.3, -0.25) is 9.79 Å². The predicted molar refractivity (Wildman–Crippen MR) is 113 cm³/mol. The third kappa shape index (κ3) is 3.37. The number of Topliss-reactive ketones (excluding diaryl/α,β-unsaturated/α-hetero) is 1. The van der Waals surface area contributed by atoms with Crippen LogP contribution in [0.2, 0.25) is 0 Å². The lowest BCUT2D eigenvalue weighted by Crippen LogP contribution is -2.23. The number of carbonyl (C=O) groups excluding carboxylic acids is 1. The molecule has 1 N–H and O–H groups in total. The number of hydrogen-bond acceptors (Lipinski definition) is 4. The number of aliphatic hydroxyl groups excluding tert-OH is 1. The first-order chi connectivity index (χ1) is 14.2. The van der Waals surface area contributed by atoms with E-state index in [1.807, 2.05) is 36.4 Å². The Balaban J connectivity index is 1.41. The summed E-state index contributed by atoms with van der Waals surface area (Å²) in [7, 11) is 0. The summed E-state index contributed by atoms with van der Waals surface area (Å²) in [5.74, 6) is 0.00253. The molecule has 1 saturated heterocycles. The quantitative estimate of drug-likeness (QED) is 0.851. The first-order valence-corrected chi connectivity index (χ1v) is 10.4. The maximum absolute atomic E-state index is 13.1. The van der Waals surface area contributed by atoms with Crippen LogP contribution in [0.25, 0.3) is 6.08 Å². The van der Waals surface area contributed by atoms with Gasteiger partial charge in [0.2, 0.25) is 0 Å². The summed E-state index contributed by atoms with van der Waals surface area (Å²) in [6.45, 7) is 2.19. The molecule has 2 aromatic carbocycles. The Kier molecular flexibility index (Phi) is 4.90. The highest BCUT2D eigenvalue weighted by molar-refractivity contribution is 6.08. The first-order valence-electron chi connectivity index (χ1n) is 10.4. The highest BCUT2D eigenvalue weighted by Crippen LogP contribution is 2.35. The van der Waals surface area contributed by atoms with E-state index in [2.05, 4.69) is 12.1 Å². The fourth-order valence-electron chi connectivity index (χ4n) is 4.80. The maximum atomic E-state index is 13.1. The highest BCUT2D eigenvalue weighted by Gasteiger charge is 2.30. The van der Waals surface area contributed by atoms with Crippen LogP contribution >= 0.6 is 0 Å². The Morgan fingerprint density at radius 2 is 1.93 bits per heavy atom. The zero-order valence-corrected chi connectivity index (χ0v) is 16.4. The molecule has 29 heavy (non-hydrogen) atoms. The summed E-state index contributed by atoms with van der Waals surface area (Å²) in [5.41, 5.74) is 7.72. The van der Waals surface area contributed by atoms with Gasteiger partial charge in [0.05, 0.1) is 19.1 Å². The molecule has 0 spiro atoms. The van der Waals surface area contributed by atoms with Crippen molar-refractivity contribution in [3.8, 4) is 0 Å². The van der Waals surface area contributed by atoms with Crippen molar-refractivity contribution in [1.29, 1.82) is 0 Å². The molecule has 3 aliphatic rings. The van der Waals surface area contributed by atoms with Gasteiger partial charge in [0.15, 0.2) is 5.78 Å². The number of ether oxygens (including phenoxy) is 1. The zero-order chi connectivity index (χ0) is 19.8. The largest absolute Gasteiger partial charge is 0.395 e. The second-order valence-electron chi connectivity index (χ2n) is 8.15. The van der Waals surface area contributed by atoms with Crippen molar-refractivity contribution in [1.82, 2.24) is 0 Å². The molecule has 1 aliphatic carbocycles. The van der Waals surface area contributed by atoms with Gasteiger partial charge in [-0.1, -0.05) is 36.4 Å². The molecule has 0 unspecified atom stereocenters. The fraction of sp³-hybridized carbons (Fsp3) is 0.360. The summed E-state index contributed by atoms with van der Waals surface area (Å²) < 4.78 is 5.51. The van der Waals surface area contributed by atoms with E-state index in [0.29, 0.717) is 12.3 Å². The van der Waals surface area contributed by atoms with Crippen LogP contribution in [0.15, 0.2) is 53.0 Å². The molecule has 0 radical (unpaired) electrons. The van der Waals surface area contributed by atoms with Crippen LogP contribution in [0.4, 0.5) is 0 Å². The zero-order valence-electron chi connectivity index (χ0n) is 16.4. The minimum absolute atomic E-state index is 0.0216. The van der Waals surface area contributed by atoms with Crippen molar-refractivity contribution in [2.45, 2.75) is 31.7 Å². The normalized spacial score (nSPS) is 19.3. The van der Waals surface area contributed by atoms with Crippen molar-refractivity contribution in [3.05, 3.63) is 75.9 Å². The monoisotopic (exact) mass is 387 g/mol. The lowest BCUT2D eigenvalue weighted by atomic mass is 9.88. The van der Waals surface area contributed by atoms with Gasteiger partial charge >= 0.3 is 0 Å². The molecular formula is C25H25NO3. The SMILES string of the molecule is O=C(C1=Cc2cc3c(cc2C1)CN=C3C1CCOCC1)[C@H](CO)c1ccccc1. The Morgan fingerprint density at radius 3 is 2.69 bits per heavy atom. The average Bonchev–Trinajstić information content (AvgIpc) is 3.37. The number of ketones is 1. The van der Waals surface area contributed by atoms with E-state index in [-0.39, 0.29) is 12.4 Å². The molecule has 2 aliphatic heterocycles. The van der Waals surface area contributed by atoms with Crippen LogP contribution in [0.5, 0.6) is 0 Å². The Bertz CT molecular complexity index is 1000. The van der Waals surface area contributed by atoms with Gasteiger partial charge in [-0.2, -0.15) is 0 Å². The minimum atomic E-state index is -0.497. The van der Waals surface area contributed by atoms with Crippen molar-refractivity contribution in [3.63, 3.8) is 0 Å². The van der Waals surface area contributed by atoms with Crippen molar-refractivity contribution in [2.24, 2.45) is 10.9 Å². The Morgan fingerprint density at radius 1 is 1.14 bits per heavy atom. The third-order valence-electron chi connectivity index (χ3n) is 6.40. The molecule has 0 amide bonds. The highest BCUT2D eigenvalue weighted by atomic mass is 16.5. The second kappa shape index (κ2) is 7.69. The lowest BCUT2D eigenvalue weighted by molar-refractivity contribution is -0.117. The number of rotatable bonds is 5. The standard InChI is InChI=1S/C25H25NO3/c27-15-23(16-4-2-1-3-5-16)25(28)20-10-18-12-21-14-26-24(17-6-8-29-9-7-17)22(21)13-19(18)11-20/h1-5,11-13,17,23,27H,6-10,14-15H2/t23-/m1/s1. The van der Waals surface area contributed by atoms with Crippen molar-refractivity contribution < 1.29 is 14.6 Å². The molecule has 5 rings (SSSR count). The molecular weight excluding hydrogens is 362 g/mol. The summed E-state index contributed by atoms with van der Waals surface area (Å²) >= 11 is 0. The van der Waals surface area contributed by atoms with Crippen LogP contribution < -0.4 is 0 Å².